The number of hydrogen-bond donors (Lipinski definition) is 1. The first-order chi connectivity index (χ1) is 7.74. The molecule has 1 N–H and O–H groups in total. The molecule has 3 nitrogen and oxygen atoms in total. The molecule has 0 aliphatic rings. The summed E-state index contributed by atoms with van der Waals surface area (Å²) in [5.41, 5.74) is 0. The Morgan fingerprint density at radius 3 is 2.35 bits per heavy atom. The third-order valence-electron chi connectivity index (χ3n) is 2.54. The zero-order valence-electron chi connectivity index (χ0n) is 9.87. The number of nitrogens with one attached hydrogen (secondary N) is 1. The maximum absolute atomic E-state index is 13.3. The number of halogens is 2. The van der Waals surface area contributed by atoms with E-state index in [2.05, 4.69) is 20.7 Å². The molecule has 1 aromatic carbocycles. The van der Waals surface area contributed by atoms with Crippen LogP contribution in [0.5, 0.6) is 0 Å². The van der Waals surface area contributed by atoms with E-state index in [-0.39, 0.29) is 21.3 Å². The molecule has 0 saturated heterocycles. The van der Waals surface area contributed by atoms with Gasteiger partial charge in [0.1, 0.15) is 5.82 Å². The van der Waals surface area contributed by atoms with Crippen molar-refractivity contribution in [1.29, 1.82) is 0 Å². The van der Waals surface area contributed by atoms with E-state index in [1.807, 2.05) is 13.8 Å². The van der Waals surface area contributed by atoms with Gasteiger partial charge in [-0.3, -0.25) is 0 Å². The van der Waals surface area contributed by atoms with E-state index in [1.165, 1.54) is 12.1 Å². The maximum Gasteiger partial charge on any atom is 0.240 e. The van der Waals surface area contributed by atoms with E-state index >= 15 is 0 Å². The second kappa shape index (κ2) is 5.46. The smallest absolute Gasteiger partial charge is 0.208 e. The second-order valence-corrected chi connectivity index (χ2v) is 6.80. The molecule has 6 heteroatoms. The molecule has 0 aliphatic carbocycles. The highest BCUT2D eigenvalue weighted by molar-refractivity contribution is 9.10. The minimum atomic E-state index is -3.65. The average Bonchev–Trinajstić information content (AvgIpc) is 2.21. The highest BCUT2D eigenvalue weighted by atomic mass is 79.9. The Labute approximate surface area is 110 Å². The topological polar surface area (TPSA) is 46.2 Å². The second-order valence-electron chi connectivity index (χ2n) is 4.23. The van der Waals surface area contributed by atoms with Crippen molar-refractivity contribution >= 4 is 26.0 Å². The Kier molecular flexibility index (Phi) is 4.69. The molecule has 0 amide bonds. The first-order valence-corrected chi connectivity index (χ1v) is 7.49. The molecule has 0 bridgehead atoms. The molecule has 0 aliphatic heterocycles. The lowest BCUT2D eigenvalue weighted by Crippen LogP contribution is -2.36. The van der Waals surface area contributed by atoms with Crippen LogP contribution in [0.2, 0.25) is 0 Å². The van der Waals surface area contributed by atoms with Crippen LogP contribution >= 0.6 is 15.9 Å². The number of rotatable bonds is 4. The van der Waals surface area contributed by atoms with Crippen molar-refractivity contribution in [3.8, 4) is 0 Å². The maximum atomic E-state index is 13.3. The van der Waals surface area contributed by atoms with E-state index in [9.17, 15) is 12.8 Å². The van der Waals surface area contributed by atoms with Crippen molar-refractivity contribution in [2.75, 3.05) is 0 Å². The summed E-state index contributed by atoms with van der Waals surface area (Å²) in [6.45, 7) is 5.60. The first-order valence-electron chi connectivity index (χ1n) is 5.21. The minimum absolute atomic E-state index is 0.0642. The molecule has 0 aromatic heterocycles. The van der Waals surface area contributed by atoms with Gasteiger partial charge in [-0.15, -0.1) is 0 Å². The third kappa shape index (κ3) is 3.76. The lowest BCUT2D eigenvalue weighted by Gasteiger charge is -2.17. The third-order valence-corrected chi connectivity index (χ3v) is 4.74. The molecule has 17 heavy (non-hydrogen) atoms. The fraction of sp³-hybridized carbons (Fsp3) is 0.455. The van der Waals surface area contributed by atoms with Gasteiger partial charge in [-0.1, -0.05) is 13.8 Å². The zero-order chi connectivity index (χ0) is 13.2. The van der Waals surface area contributed by atoms with Crippen molar-refractivity contribution in [2.45, 2.75) is 31.7 Å². The van der Waals surface area contributed by atoms with Crippen LogP contribution in [0.1, 0.15) is 20.8 Å². The van der Waals surface area contributed by atoms with E-state index in [0.29, 0.717) is 0 Å². The Morgan fingerprint density at radius 1 is 1.29 bits per heavy atom. The molecule has 1 rings (SSSR count). The summed E-state index contributed by atoms with van der Waals surface area (Å²) in [5.74, 6) is -0.421. The Hall–Kier alpha value is -0.460. The molecule has 0 spiro atoms. The number of sulfonamides is 1. The average molecular weight is 324 g/mol. The van der Waals surface area contributed by atoms with Crippen molar-refractivity contribution in [3.63, 3.8) is 0 Å². The van der Waals surface area contributed by atoms with Crippen LogP contribution in [0.4, 0.5) is 4.39 Å². The Balaban J connectivity index is 3.01. The molecule has 1 atom stereocenters. The lowest BCUT2D eigenvalue weighted by molar-refractivity contribution is 0.476. The van der Waals surface area contributed by atoms with Crippen LogP contribution < -0.4 is 4.72 Å². The predicted octanol–water partition coefficient (Wildman–Crippen LogP) is 2.91. The van der Waals surface area contributed by atoms with Crippen molar-refractivity contribution < 1.29 is 12.8 Å². The minimum Gasteiger partial charge on any atom is -0.208 e. The molecule has 1 unspecified atom stereocenters. The first kappa shape index (κ1) is 14.6. The van der Waals surface area contributed by atoms with E-state index in [1.54, 1.807) is 6.92 Å². The largest absolute Gasteiger partial charge is 0.240 e. The SMILES string of the molecule is CC(C)C(C)NS(=O)(=O)c1ccc(Br)c(F)c1. The van der Waals surface area contributed by atoms with Crippen LogP contribution in [-0.2, 0) is 10.0 Å². The molecule has 1 aromatic rings. The predicted molar refractivity (Wildman–Crippen MR) is 68.7 cm³/mol. The van der Waals surface area contributed by atoms with E-state index < -0.39 is 15.8 Å². The molecule has 0 heterocycles. The van der Waals surface area contributed by atoms with Crippen molar-refractivity contribution in [3.05, 3.63) is 28.5 Å². The van der Waals surface area contributed by atoms with Gasteiger partial charge in [0, 0.05) is 6.04 Å². The highest BCUT2D eigenvalue weighted by Gasteiger charge is 2.20. The van der Waals surface area contributed by atoms with Gasteiger partial charge in [0.25, 0.3) is 0 Å². The van der Waals surface area contributed by atoms with Gasteiger partial charge < -0.3 is 0 Å². The standard InChI is InChI=1S/C11H15BrFNO2S/c1-7(2)8(3)14-17(15,16)9-4-5-10(12)11(13)6-9/h4-8,14H,1-3H3. The van der Waals surface area contributed by atoms with Crippen LogP contribution in [0.15, 0.2) is 27.6 Å². The highest BCUT2D eigenvalue weighted by Crippen LogP contribution is 2.19. The molecular formula is C11H15BrFNO2S. The molecule has 0 radical (unpaired) electrons. The van der Waals surface area contributed by atoms with Gasteiger partial charge in [0.05, 0.1) is 9.37 Å². The summed E-state index contributed by atoms with van der Waals surface area (Å²) in [5, 5.41) is 0. The van der Waals surface area contributed by atoms with Crippen molar-refractivity contribution in [2.24, 2.45) is 5.92 Å². The molecule has 0 saturated carbocycles. The molecule has 0 fully saturated rings. The Morgan fingerprint density at radius 2 is 1.88 bits per heavy atom. The monoisotopic (exact) mass is 323 g/mol. The quantitative estimate of drug-likeness (QED) is 0.926. The van der Waals surface area contributed by atoms with Gasteiger partial charge in [-0.25, -0.2) is 17.5 Å². The van der Waals surface area contributed by atoms with Gasteiger partial charge in [0.2, 0.25) is 10.0 Å². The van der Waals surface area contributed by atoms with Crippen molar-refractivity contribution in [1.82, 2.24) is 4.72 Å². The van der Waals surface area contributed by atoms with Gasteiger partial charge in [-0.2, -0.15) is 0 Å². The summed E-state index contributed by atoms with van der Waals surface area (Å²) in [6, 6.07) is 3.54. The van der Waals surface area contributed by atoms with Gasteiger partial charge in [-0.05, 0) is 47.0 Å². The van der Waals surface area contributed by atoms with E-state index in [4.69, 9.17) is 0 Å². The molecule has 96 valence electrons. The number of benzene rings is 1. The fourth-order valence-corrected chi connectivity index (χ4v) is 2.74. The molecular weight excluding hydrogens is 309 g/mol. The summed E-state index contributed by atoms with van der Waals surface area (Å²) >= 11 is 2.98. The lowest BCUT2D eigenvalue weighted by atomic mass is 10.1. The normalized spacial score (nSPS) is 14.0. The number of hydrogen-bond acceptors (Lipinski definition) is 2. The van der Waals surface area contributed by atoms with Crippen LogP contribution in [0.3, 0.4) is 0 Å². The van der Waals surface area contributed by atoms with Gasteiger partial charge >= 0.3 is 0 Å². The van der Waals surface area contributed by atoms with Crippen LogP contribution in [-0.4, -0.2) is 14.5 Å². The summed E-state index contributed by atoms with van der Waals surface area (Å²) in [4.78, 5) is -0.0642. The van der Waals surface area contributed by atoms with Crippen LogP contribution in [0.25, 0.3) is 0 Å². The summed E-state index contributed by atoms with van der Waals surface area (Å²) in [7, 11) is -3.65. The summed E-state index contributed by atoms with van der Waals surface area (Å²) in [6.07, 6.45) is 0. The Bertz CT molecular complexity index is 502. The zero-order valence-corrected chi connectivity index (χ0v) is 12.3. The van der Waals surface area contributed by atoms with Gasteiger partial charge in [0.15, 0.2) is 0 Å². The van der Waals surface area contributed by atoms with E-state index in [0.717, 1.165) is 6.07 Å². The van der Waals surface area contributed by atoms with Crippen LogP contribution in [0, 0.1) is 11.7 Å². The summed E-state index contributed by atoms with van der Waals surface area (Å²) < 4.78 is 39.9. The fourth-order valence-electron chi connectivity index (χ4n) is 1.09.